The zero-order chi connectivity index (χ0) is 18.1. The van der Waals surface area contributed by atoms with Gasteiger partial charge in [-0.1, -0.05) is 23.4 Å². The van der Waals surface area contributed by atoms with E-state index in [0.29, 0.717) is 31.2 Å². The molecule has 0 N–H and O–H groups in total. The number of amides is 1. The topological polar surface area (TPSA) is 68.5 Å². The molecule has 1 fully saturated rings. The van der Waals surface area contributed by atoms with E-state index in [1.165, 1.54) is 0 Å². The molecule has 0 aliphatic carbocycles. The summed E-state index contributed by atoms with van der Waals surface area (Å²) in [4.78, 5) is 19.0. The smallest absolute Gasteiger partial charge is 0.227 e. The second kappa shape index (κ2) is 6.78. The number of aryl methyl sites for hydroxylation is 2. The number of ether oxygens (including phenoxy) is 1. The first-order chi connectivity index (χ1) is 12.6. The molecule has 6 heteroatoms. The Labute approximate surface area is 151 Å². The largest absolute Gasteiger partial charge is 0.472 e. The number of nitrogens with zero attached hydrogens (tertiary/aromatic N) is 3. The Balaban J connectivity index is 1.39. The molecule has 0 spiro atoms. The Morgan fingerprint density at radius 3 is 2.92 bits per heavy atom. The van der Waals surface area contributed by atoms with Crippen LogP contribution in [0.2, 0.25) is 0 Å². The van der Waals surface area contributed by atoms with Gasteiger partial charge in [0.2, 0.25) is 11.8 Å². The van der Waals surface area contributed by atoms with Crippen LogP contribution in [0.3, 0.4) is 0 Å². The molecule has 1 amide bonds. The first kappa shape index (κ1) is 16.6. The van der Waals surface area contributed by atoms with Crippen LogP contribution in [-0.4, -0.2) is 40.1 Å². The quantitative estimate of drug-likeness (QED) is 0.723. The Bertz CT molecular complexity index is 931. The Kier molecular flexibility index (Phi) is 4.32. The van der Waals surface area contributed by atoms with Crippen molar-refractivity contribution in [1.29, 1.82) is 0 Å². The summed E-state index contributed by atoms with van der Waals surface area (Å²) in [7, 11) is 0. The summed E-state index contributed by atoms with van der Waals surface area (Å²) < 4.78 is 11.2. The van der Waals surface area contributed by atoms with Crippen LogP contribution in [0.25, 0.3) is 10.9 Å². The molecule has 1 saturated heterocycles. The minimum Gasteiger partial charge on any atom is -0.472 e. The lowest BCUT2D eigenvalue weighted by Crippen LogP contribution is -2.32. The molecule has 0 unspecified atom stereocenters. The minimum atomic E-state index is -0.0303. The van der Waals surface area contributed by atoms with Crippen molar-refractivity contribution in [2.24, 2.45) is 0 Å². The molecule has 1 aromatic carbocycles. The summed E-state index contributed by atoms with van der Waals surface area (Å²) in [6.45, 7) is 4.97. The van der Waals surface area contributed by atoms with Crippen molar-refractivity contribution in [3.05, 3.63) is 53.4 Å². The summed E-state index contributed by atoms with van der Waals surface area (Å²) in [5.74, 6) is 1.40. The molecule has 0 bridgehead atoms. The van der Waals surface area contributed by atoms with E-state index in [1.54, 1.807) is 0 Å². The first-order valence-electron chi connectivity index (χ1n) is 8.82. The maximum absolute atomic E-state index is 12.6. The Hall–Kier alpha value is -2.89. The third kappa shape index (κ3) is 3.27. The fraction of sp³-hybridized carbons (Fsp3) is 0.350. The van der Waals surface area contributed by atoms with Crippen LogP contribution in [0.15, 0.2) is 40.9 Å². The van der Waals surface area contributed by atoms with E-state index in [0.717, 1.165) is 28.6 Å². The first-order valence-corrected chi connectivity index (χ1v) is 8.82. The number of rotatable bonds is 4. The van der Waals surface area contributed by atoms with Gasteiger partial charge in [0.15, 0.2) is 0 Å². The van der Waals surface area contributed by atoms with Crippen molar-refractivity contribution >= 4 is 16.8 Å². The molecular weight excluding hydrogens is 330 g/mol. The molecule has 26 heavy (non-hydrogen) atoms. The van der Waals surface area contributed by atoms with Crippen molar-refractivity contribution < 1.29 is 14.1 Å². The van der Waals surface area contributed by atoms with E-state index in [2.05, 4.69) is 10.1 Å². The third-order valence-corrected chi connectivity index (χ3v) is 4.87. The van der Waals surface area contributed by atoms with Crippen LogP contribution in [-0.2, 0) is 11.2 Å². The van der Waals surface area contributed by atoms with Gasteiger partial charge in [0.25, 0.3) is 0 Å². The number of likely N-dealkylation sites (tertiary alicyclic amines) is 1. The fourth-order valence-electron chi connectivity index (χ4n) is 3.35. The van der Waals surface area contributed by atoms with Gasteiger partial charge in [-0.2, -0.15) is 0 Å². The molecule has 1 atom stereocenters. The zero-order valence-corrected chi connectivity index (χ0v) is 14.9. The molecule has 1 aliphatic heterocycles. The predicted octanol–water partition coefficient (Wildman–Crippen LogP) is 3.06. The average Bonchev–Trinajstić information content (AvgIpc) is 3.23. The molecule has 4 rings (SSSR count). The monoisotopic (exact) mass is 351 g/mol. The van der Waals surface area contributed by atoms with Crippen molar-refractivity contribution in [1.82, 2.24) is 15.0 Å². The normalized spacial score (nSPS) is 17.0. The summed E-state index contributed by atoms with van der Waals surface area (Å²) >= 11 is 0. The van der Waals surface area contributed by atoms with Gasteiger partial charge in [-0.15, -0.1) is 0 Å². The van der Waals surface area contributed by atoms with E-state index >= 15 is 0 Å². The molecular formula is C20H21N3O3. The fourth-order valence-corrected chi connectivity index (χ4v) is 3.35. The molecule has 2 aromatic heterocycles. The maximum atomic E-state index is 12.6. The number of carbonyl (C=O) groups excluding carboxylic acids is 1. The molecule has 6 nitrogen and oxygen atoms in total. The number of carbonyl (C=O) groups is 1. The predicted molar refractivity (Wildman–Crippen MR) is 97.0 cm³/mol. The number of fused-ring (bicyclic) bond motifs is 1. The Morgan fingerprint density at radius 2 is 2.12 bits per heavy atom. The van der Waals surface area contributed by atoms with E-state index in [9.17, 15) is 4.79 Å². The maximum Gasteiger partial charge on any atom is 0.227 e. The van der Waals surface area contributed by atoms with E-state index in [1.807, 2.05) is 55.1 Å². The highest BCUT2D eigenvalue weighted by atomic mass is 16.5. The average molecular weight is 351 g/mol. The van der Waals surface area contributed by atoms with Crippen molar-refractivity contribution in [2.75, 3.05) is 13.1 Å². The molecule has 0 radical (unpaired) electrons. The van der Waals surface area contributed by atoms with Gasteiger partial charge in [0.05, 0.1) is 24.2 Å². The lowest BCUT2D eigenvalue weighted by molar-refractivity contribution is -0.129. The van der Waals surface area contributed by atoms with E-state index in [4.69, 9.17) is 9.26 Å². The van der Waals surface area contributed by atoms with Gasteiger partial charge in [0, 0.05) is 30.0 Å². The molecule has 0 saturated carbocycles. The van der Waals surface area contributed by atoms with Crippen LogP contribution in [0.5, 0.6) is 5.88 Å². The standard InChI is InChI=1S/C20H21N3O3/c1-13-17(14(2)26-22-13)11-20(24)23-10-9-16(12-23)25-19-8-7-15-5-3-4-6-18(15)21-19/h3-8,16H,9-12H2,1-2H3/t16-/m0/s1. The number of benzene rings is 1. The highest BCUT2D eigenvalue weighted by molar-refractivity contribution is 5.80. The number of para-hydroxylation sites is 1. The highest BCUT2D eigenvalue weighted by Gasteiger charge is 2.29. The van der Waals surface area contributed by atoms with Crippen LogP contribution in [0, 0.1) is 13.8 Å². The SMILES string of the molecule is Cc1noc(C)c1CC(=O)N1CC[C@H](Oc2ccc3ccccc3n2)C1. The van der Waals surface area contributed by atoms with Gasteiger partial charge < -0.3 is 14.2 Å². The number of hydrogen-bond acceptors (Lipinski definition) is 5. The van der Waals surface area contributed by atoms with E-state index in [-0.39, 0.29) is 12.0 Å². The highest BCUT2D eigenvalue weighted by Crippen LogP contribution is 2.21. The summed E-state index contributed by atoms with van der Waals surface area (Å²) in [5.41, 5.74) is 2.58. The molecule has 134 valence electrons. The van der Waals surface area contributed by atoms with Crippen LogP contribution >= 0.6 is 0 Å². The Morgan fingerprint density at radius 1 is 1.27 bits per heavy atom. The van der Waals surface area contributed by atoms with Crippen molar-refractivity contribution in [3.63, 3.8) is 0 Å². The van der Waals surface area contributed by atoms with Crippen LogP contribution in [0.1, 0.15) is 23.4 Å². The summed E-state index contributed by atoms with van der Waals surface area (Å²) in [6.07, 6.45) is 1.10. The third-order valence-electron chi connectivity index (χ3n) is 4.87. The van der Waals surface area contributed by atoms with Gasteiger partial charge in [-0.25, -0.2) is 4.98 Å². The van der Waals surface area contributed by atoms with Crippen molar-refractivity contribution in [2.45, 2.75) is 32.8 Å². The summed E-state index contributed by atoms with van der Waals surface area (Å²) in [6, 6.07) is 11.8. The molecule has 3 aromatic rings. The zero-order valence-electron chi connectivity index (χ0n) is 14.9. The number of hydrogen-bond donors (Lipinski definition) is 0. The summed E-state index contributed by atoms with van der Waals surface area (Å²) in [5, 5.41) is 5.00. The molecule has 3 heterocycles. The van der Waals surface area contributed by atoms with Crippen molar-refractivity contribution in [3.8, 4) is 5.88 Å². The molecule has 1 aliphatic rings. The van der Waals surface area contributed by atoms with Gasteiger partial charge in [-0.05, 0) is 26.0 Å². The second-order valence-corrected chi connectivity index (χ2v) is 6.69. The van der Waals surface area contributed by atoms with Crippen LogP contribution in [0.4, 0.5) is 0 Å². The number of aromatic nitrogens is 2. The van der Waals surface area contributed by atoms with Crippen LogP contribution < -0.4 is 4.74 Å². The van der Waals surface area contributed by atoms with Gasteiger partial charge in [-0.3, -0.25) is 4.79 Å². The second-order valence-electron chi connectivity index (χ2n) is 6.69. The van der Waals surface area contributed by atoms with E-state index < -0.39 is 0 Å². The lowest BCUT2D eigenvalue weighted by atomic mass is 10.1. The number of pyridine rings is 1. The van der Waals surface area contributed by atoms with Gasteiger partial charge >= 0.3 is 0 Å². The lowest BCUT2D eigenvalue weighted by Gasteiger charge is -2.17. The minimum absolute atomic E-state index is 0.0303. The van der Waals surface area contributed by atoms with Gasteiger partial charge in [0.1, 0.15) is 11.9 Å².